The molecule has 0 N–H and O–H groups in total. The molecule has 0 aliphatic carbocycles. The first-order valence-electron chi connectivity index (χ1n) is 5.94. The molecule has 19 heavy (non-hydrogen) atoms. The Bertz CT molecular complexity index is 511. The molecule has 0 aromatic heterocycles. The Kier molecular flexibility index (Phi) is 3.45. The molecule has 2 rings (SSSR count). The van der Waals surface area contributed by atoms with Gasteiger partial charge in [-0.15, -0.1) is 0 Å². The second-order valence-corrected chi connectivity index (χ2v) is 6.37. The molecule has 1 heterocycles. The van der Waals surface area contributed by atoms with Gasteiger partial charge in [0.25, 0.3) is 5.69 Å². The number of nitro groups is 1. The van der Waals surface area contributed by atoms with E-state index in [9.17, 15) is 10.1 Å². The fourth-order valence-corrected chi connectivity index (χ4v) is 2.42. The van der Waals surface area contributed by atoms with E-state index < -0.39 is 22.4 Å². The maximum atomic E-state index is 11.1. The Morgan fingerprint density at radius 2 is 1.74 bits per heavy atom. The van der Waals surface area contributed by atoms with Crippen LogP contribution in [-0.4, -0.2) is 16.1 Å². The fraction of sp³-hybridized carbons (Fsp3) is 0.538. The lowest BCUT2D eigenvalue weighted by molar-refractivity contribution is -0.387. The molecule has 0 spiro atoms. The minimum atomic E-state index is -0.749. The minimum absolute atomic E-state index is 0.00660. The molecule has 104 valence electrons. The number of hydrogen-bond donors (Lipinski definition) is 0. The third-order valence-corrected chi connectivity index (χ3v) is 4.41. The summed E-state index contributed by atoms with van der Waals surface area (Å²) in [5.74, 6) is 0. The van der Waals surface area contributed by atoms with Crippen LogP contribution < -0.4 is 0 Å². The average molecular weight is 330 g/mol. The molecule has 0 amide bonds. The van der Waals surface area contributed by atoms with Gasteiger partial charge < -0.3 is 9.47 Å². The summed E-state index contributed by atoms with van der Waals surface area (Å²) in [6, 6.07) is 4.81. The highest BCUT2D eigenvalue weighted by molar-refractivity contribution is 9.10. The van der Waals surface area contributed by atoms with E-state index in [-0.39, 0.29) is 5.69 Å². The Balaban J connectivity index is 2.48. The summed E-state index contributed by atoms with van der Waals surface area (Å²) in [6.07, 6.45) is -0.749. The molecule has 0 bridgehead atoms. The summed E-state index contributed by atoms with van der Waals surface area (Å²) >= 11 is 3.34. The molecule has 5 nitrogen and oxygen atoms in total. The van der Waals surface area contributed by atoms with Gasteiger partial charge in [0.05, 0.1) is 21.7 Å². The Hall–Kier alpha value is -0.980. The van der Waals surface area contributed by atoms with Gasteiger partial charge in [0.2, 0.25) is 0 Å². The lowest BCUT2D eigenvalue weighted by Gasteiger charge is -2.30. The SMILES string of the molecule is CC1(C)OC(c2c(Br)cccc2[N+](=O)[O-])OC1(C)C. The highest BCUT2D eigenvalue weighted by atomic mass is 79.9. The van der Waals surface area contributed by atoms with Gasteiger partial charge in [-0.3, -0.25) is 10.1 Å². The lowest BCUT2D eigenvalue weighted by atomic mass is 9.90. The van der Waals surface area contributed by atoms with Gasteiger partial charge >= 0.3 is 0 Å². The van der Waals surface area contributed by atoms with Crippen LogP contribution in [0.25, 0.3) is 0 Å². The second-order valence-electron chi connectivity index (χ2n) is 5.52. The number of rotatable bonds is 2. The van der Waals surface area contributed by atoms with Gasteiger partial charge in [-0.05, 0) is 33.8 Å². The van der Waals surface area contributed by atoms with E-state index in [2.05, 4.69) is 15.9 Å². The van der Waals surface area contributed by atoms with Crippen LogP contribution in [0.15, 0.2) is 22.7 Å². The first-order chi connectivity index (χ1) is 8.66. The summed E-state index contributed by atoms with van der Waals surface area (Å²) < 4.78 is 12.3. The maximum absolute atomic E-state index is 11.1. The average Bonchev–Trinajstić information content (AvgIpc) is 2.47. The molecule has 0 saturated carbocycles. The second kappa shape index (κ2) is 4.54. The third-order valence-electron chi connectivity index (χ3n) is 3.72. The van der Waals surface area contributed by atoms with Crippen LogP contribution in [0.1, 0.15) is 39.5 Å². The van der Waals surface area contributed by atoms with Crippen LogP contribution in [0, 0.1) is 10.1 Å². The first kappa shape index (κ1) is 14.4. The molecule has 1 saturated heterocycles. The molecule has 1 aromatic carbocycles. The van der Waals surface area contributed by atoms with Gasteiger partial charge in [-0.1, -0.05) is 22.0 Å². The van der Waals surface area contributed by atoms with Crippen molar-refractivity contribution < 1.29 is 14.4 Å². The molecule has 1 aliphatic heterocycles. The first-order valence-corrected chi connectivity index (χ1v) is 6.73. The quantitative estimate of drug-likeness (QED) is 0.608. The number of benzene rings is 1. The molecule has 1 aliphatic rings. The molecule has 0 atom stereocenters. The van der Waals surface area contributed by atoms with Crippen molar-refractivity contribution in [2.24, 2.45) is 0 Å². The van der Waals surface area contributed by atoms with Gasteiger partial charge in [-0.2, -0.15) is 0 Å². The van der Waals surface area contributed by atoms with Crippen molar-refractivity contribution >= 4 is 21.6 Å². The molecule has 0 radical (unpaired) electrons. The molecule has 6 heteroatoms. The molecule has 0 unspecified atom stereocenters. The van der Waals surface area contributed by atoms with Gasteiger partial charge in [0.1, 0.15) is 0 Å². The largest absolute Gasteiger partial charge is 0.339 e. The zero-order valence-electron chi connectivity index (χ0n) is 11.3. The van der Waals surface area contributed by atoms with Crippen molar-refractivity contribution in [3.05, 3.63) is 38.3 Å². The summed E-state index contributed by atoms with van der Waals surface area (Å²) in [7, 11) is 0. The van der Waals surface area contributed by atoms with E-state index in [4.69, 9.17) is 9.47 Å². The monoisotopic (exact) mass is 329 g/mol. The lowest BCUT2D eigenvalue weighted by Crippen LogP contribution is -2.41. The molecule has 1 aromatic rings. The van der Waals surface area contributed by atoms with Crippen molar-refractivity contribution in [2.45, 2.75) is 45.2 Å². The van der Waals surface area contributed by atoms with Crippen LogP contribution in [0.3, 0.4) is 0 Å². The van der Waals surface area contributed by atoms with Gasteiger partial charge in [-0.25, -0.2) is 0 Å². The Morgan fingerprint density at radius 1 is 1.21 bits per heavy atom. The van der Waals surface area contributed by atoms with Crippen LogP contribution in [0.2, 0.25) is 0 Å². The summed E-state index contributed by atoms with van der Waals surface area (Å²) in [5.41, 5.74) is -0.638. The van der Waals surface area contributed by atoms with Crippen LogP contribution >= 0.6 is 15.9 Å². The topological polar surface area (TPSA) is 61.6 Å². The van der Waals surface area contributed by atoms with Crippen LogP contribution in [0.4, 0.5) is 5.69 Å². The number of hydrogen-bond acceptors (Lipinski definition) is 4. The van der Waals surface area contributed by atoms with Crippen molar-refractivity contribution in [1.82, 2.24) is 0 Å². The fourth-order valence-electron chi connectivity index (χ4n) is 1.88. The van der Waals surface area contributed by atoms with Gasteiger partial charge in [0.15, 0.2) is 6.29 Å². The number of nitro benzene ring substituents is 1. The summed E-state index contributed by atoms with van der Waals surface area (Å²) in [4.78, 5) is 10.7. The highest BCUT2D eigenvalue weighted by Crippen LogP contribution is 2.48. The third kappa shape index (κ3) is 2.40. The van der Waals surface area contributed by atoms with Crippen molar-refractivity contribution in [2.75, 3.05) is 0 Å². The van der Waals surface area contributed by atoms with E-state index in [1.807, 2.05) is 27.7 Å². The standard InChI is InChI=1S/C13H16BrNO4/c1-12(2)13(3,4)19-11(18-12)10-8(14)6-5-7-9(10)15(16)17/h5-7,11H,1-4H3. The number of nitrogens with zero attached hydrogens (tertiary/aromatic N) is 1. The Morgan fingerprint density at radius 3 is 2.21 bits per heavy atom. The van der Waals surface area contributed by atoms with Crippen molar-refractivity contribution in [1.29, 1.82) is 0 Å². The zero-order chi connectivity index (χ0) is 14.4. The molecular weight excluding hydrogens is 314 g/mol. The number of ether oxygens (including phenoxy) is 2. The Labute approximate surface area is 120 Å². The van der Waals surface area contributed by atoms with Crippen molar-refractivity contribution in [3.8, 4) is 0 Å². The van der Waals surface area contributed by atoms with E-state index in [1.165, 1.54) is 6.07 Å². The van der Waals surface area contributed by atoms with E-state index in [0.717, 1.165) is 0 Å². The van der Waals surface area contributed by atoms with E-state index in [0.29, 0.717) is 10.0 Å². The smallest absolute Gasteiger partial charge is 0.278 e. The summed E-state index contributed by atoms with van der Waals surface area (Å²) in [6.45, 7) is 7.65. The number of halogens is 1. The maximum Gasteiger partial charge on any atom is 0.278 e. The normalized spacial score (nSPS) is 21.5. The molecule has 1 fully saturated rings. The van der Waals surface area contributed by atoms with Gasteiger partial charge in [0, 0.05) is 10.5 Å². The van der Waals surface area contributed by atoms with Crippen molar-refractivity contribution in [3.63, 3.8) is 0 Å². The summed E-state index contributed by atoms with van der Waals surface area (Å²) in [5, 5.41) is 11.1. The minimum Gasteiger partial charge on any atom is -0.339 e. The highest BCUT2D eigenvalue weighted by Gasteiger charge is 2.51. The van der Waals surface area contributed by atoms with E-state index in [1.54, 1.807) is 12.1 Å². The molecular formula is C13H16BrNO4. The van der Waals surface area contributed by atoms with E-state index >= 15 is 0 Å². The van der Waals surface area contributed by atoms with Crippen LogP contribution in [0.5, 0.6) is 0 Å². The zero-order valence-corrected chi connectivity index (χ0v) is 12.9. The van der Waals surface area contributed by atoms with Crippen LogP contribution in [-0.2, 0) is 9.47 Å². The predicted molar refractivity (Wildman–Crippen MR) is 73.9 cm³/mol. The predicted octanol–water partition coefficient (Wildman–Crippen LogP) is 3.96.